The van der Waals surface area contributed by atoms with Gasteiger partial charge in [0, 0.05) is 47.3 Å². The van der Waals surface area contributed by atoms with Crippen molar-refractivity contribution < 1.29 is 23.1 Å². The number of hydrogen-bond acceptors (Lipinski definition) is 5. The number of aliphatic hydroxyl groups is 1. The molecule has 0 spiro atoms. The number of aromatic amines is 1. The fourth-order valence-electron chi connectivity index (χ4n) is 3.41. The zero-order chi connectivity index (χ0) is 22.0. The van der Waals surface area contributed by atoms with Gasteiger partial charge in [0.25, 0.3) is 5.91 Å². The molecule has 0 unspecified atom stereocenters. The van der Waals surface area contributed by atoms with Crippen molar-refractivity contribution in [3.05, 3.63) is 60.4 Å². The first kappa shape index (κ1) is 21.3. The molecule has 0 bridgehead atoms. The number of amides is 1. The monoisotopic (exact) mass is 448 g/mol. The maximum atomic E-state index is 12.7. The van der Waals surface area contributed by atoms with Gasteiger partial charge in [0.05, 0.1) is 11.7 Å². The predicted molar refractivity (Wildman–Crippen MR) is 113 cm³/mol. The number of H-pyrrole nitrogens is 1. The highest BCUT2D eigenvalue weighted by Crippen LogP contribution is 2.37. The number of pyridine rings is 1. The lowest BCUT2D eigenvalue weighted by Crippen LogP contribution is -2.23. The molecule has 162 valence electrons. The van der Waals surface area contributed by atoms with Crippen LogP contribution in [0.1, 0.15) is 16.8 Å². The molecule has 3 N–H and O–H groups in total. The molecule has 4 rings (SSSR count). The minimum absolute atomic E-state index is 0.0401. The van der Waals surface area contributed by atoms with E-state index in [1.807, 2.05) is 17.0 Å². The minimum atomic E-state index is -4.36. The van der Waals surface area contributed by atoms with Gasteiger partial charge < -0.3 is 20.3 Å². The Balaban J connectivity index is 1.55. The number of thioether (sulfide) groups is 1. The van der Waals surface area contributed by atoms with Crippen LogP contribution in [0.2, 0.25) is 0 Å². The molecule has 6 nitrogen and oxygen atoms in total. The Morgan fingerprint density at radius 2 is 2.03 bits per heavy atom. The van der Waals surface area contributed by atoms with E-state index in [0.717, 1.165) is 11.3 Å². The van der Waals surface area contributed by atoms with Crippen LogP contribution in [0.4, 0.5) is 24.7 Å². The Hall–Kier alpha value is -2.98. The summed E-state index contributed by atoms with van der Waals surface area (Å²) in [6.45, 7) is 1.13. The van der Waals surface area contributed by atoms with E-state index in [1.54, 1.807) is 12.3 Å². The zero-order valence-electron chi connectivity index (χ0n) is 16.2. The normalized spacial score (nSPS) is 16.5. The number of aromatic nitrogens is 2. The number of rotatable bonds is 5. The smallest absolute Gasteiger partial charge is 0.391 e. The van der Waals surface area contributed by atoms with Crippen molar-refractivity contribution in [1.82, 2.24) is 9.97 Å². The maximum Gasteiger partial charge on any atom is 0.446 e. The summed E-state index contributed by atoms with van der Waals surface area (Å²) in [7, 11) is 0. The number of aliphatic hydroxyl groups excluding tert-OH is 1. The van der Waals surface area contributed by atoms with E-state index in [4.69, 9.17) is 0 Å². The fourth-order valence-corrected chi connectivity index (χ4v) is 3.95. The lowest BCUT2D eigenvalue weighted by molar-refractivity contribution is -0.0328. The maximum absolute atomic E-state index is 12.7. The molecule has 1 atom stereocenters. The van der Waals surface area contributed by atoms with E-state index in [-0.39, 0.29) is 16.7 Å². The number of halogens is 3. The van der Waals surface area contributed by atoms with Crippen molar-refractivity contribution in [2.45, 2.75) is 22.9 Å². The largest absolute Gasteiger partial charge is 0.446 e. The quantitative estimate of drug-likeness (QED) is 0.501. The van der Waals surface area contributed by atoms with E-state index in [0.29, 0.717) is 36.6 Å². The SMILES string of the molecule is O=C(Nc1ccc(SC(F)(F)F)cc1)c1cnc(N2CC[C@@H](O)C2)c(-c2ccc[nH]2)c1. The molecule has 1 aliphatic heterocycles. The molecule has 3 heterocycles. The molecule has 1 fully saturated rings. The van der Waals surface area contributed by atoms with Crippen molar-refractivity contribution in [2.24, 2.45) is 0 Å². The van der Waals surface area contributed by atoms with Crippen molar-refractivity contribution >= 4 is 29.2 Å². The first-order valence-electron chi connectivity index (χ1n) is 9.52. The number of nitrogens with one attached hydrogen (secondary N) is 2. The molecule has 2 aromatic heterocycles. The highest BCUT2D eigenvalue weighted by atomic mass is 32.2. The summed E-state index contributed by atoms with van der Waals surface area (Å²) in [4.78, 5) is 22.3. The molecule has 1 amide bonds. The molecular weight excluding hydrogens is 429 g/mol. The Morgan fingerprint density at radius 1 is 1.26 bits per heavy atom. The van der Waals surface area contributed by atoms with Gasteiger partial charge in [0.2, 0.25) is 0 Å². The topological polar surface area (TPSA) is 81.2 Å². The first-order valence-corrected chi connectivity index (χ1v) is 10.3. The summed E-state index contributed by atoms with van der Waals surface area (Å²) in [5.74, 6) is 0.244. The van der Waals surface area contributed by atoms with Crippen LogP contribution in [0.15, 0.2) is 59.8 Å². The zero-order valence-corrected chi connectivity index (χ0v) is 17.0. The van der Waals surface area contributed by atoms with Crippen molar-refractivity contribution in [3.63, 3.8) is 0 Å². The number of benzene rings is 1. The molecule has 10 heteroatoms. The molecule has 0 saturated carbocycles. The second-order valence-electron chi connectivity index (χ2n) is 7.09. The van der Waals surface area contributed by atoms with Gasteiger partial charge in [-0.3, -0.25) is 4.79 Å². The minimum Gasteiger partial charge on any atom is -0.391 e. The molecule has 3 aromatic rings. The second-order valence-corrected chi connectivity index (χ2v) is 8.23. The highest BCUT2D eigenvalue weighted by Gasteiger charge is 2.29. The van der Waals surface area contributed by atoms with E-state index in [1.165, 1.54) is 30.5 Å². The predicted octanol–water partition coefficient (Wildman–Crippen LogP) is 4.51. The number of alkyl halides is 3. The van der Waals surface area contributed by atoms with E-state index in [2.05, 4.69) is 15.3 Å². The van der Waals surface area contributed by atoms with Crippen LogP contribution >= 0.6 is 11.8 Å². The van der Waals surface area contributed by atoms with Gasteiger partial charge in [0.15, 0.2) is 0 Å². The van der Waals surface area contributed by atoms with Gasteiger partial charge in [-0.2, -0.15) is 13.2 Å². The Bertz CT molecular complexity index is 1060. The third-order valence-electron chi connectivity index (χ3n) is 4.83. The molecule has 0 radical (unpaired) electrons. The summed E-state index contributed by atoms with van der Waals surface area (Å²) in [6, 6.07) is 10.9. The summed E-state index contributed by atoms with van der Waals surface area (Å²) >= 11 is -0.210. The lowest BCUT2D eigenvalue weighted by atomic mass is 10.1. The number of β-amino-alcohol motifs (C(OH)–C–C–N with tert-alkyl or cyclic N) is 1. The third-order valence-corrected chi connectivity index (χ3v) is 5.56. The number of nitrogens with zero attached hydrogens (tertiary/aromatic N) is 2. The standard InChI is InChI=1S/C21H19F3N4O2S/c22-21(23,24)31-16-5-3-14(4-6-16)27-20(30)13-10-17(18-2-1-8-25-18)19(26-11-13)28-9-7-15(29)12-28/h1-6,8,10-11,15,25,29H,7,9,12H2,(H,27,30)/t15-/m1/s1. The second kappa shape index (κ2) is 8.64. The van der Waals surface area contributed by atoms with Crippen molar-refractivity contribution in [1.29, 1.82) is 0 Å². The Labute approximate surface area is 180 Å². The van der Waals surface area contributed by atoms with Crippen LogP contribution in [0.3, 0.4) is 0 Å². The molecule has 1 aromatic carbocycles. The first-order chi connectivity index (χ1) is 14.8. The highest BCUT2D eigenvalue weighted by molar-refractivity contribution is 8.00. The van der Waals surface area contributed by atoms with Gasteiger partial charge in [-0.25, -0.2) is 4.98 Å². The summed E-state index contributed by atoms with van der Waals surface area (Å²) in [5.41, 5.74) is -2.17. The van der Waals surface area contributed by atoms with Crippen LogP contribution in [-0.2, 0) is 0 Å². The van der Waals surface area contributed by atoms with Crippen LogP contribution in [0.5, 0.6) is 0 Å². The third kappa shape index (κ3) is 5.20. The van der Waals surface area contributed by atoms with Crippen LogP contribution in [-0.4, -0.2) is 45.7 Å². The lowest BCUT2D eigenvalue weighted by Gasteiger charge is -2.20. The average Bonchev–Trinajstić information content (AvgIpc) is 3.40. The molecule has 31 heavy (non-hydrogen) atoms. The Morgan fingerprint density at radius 3 is 2.65 bits per heavy atom. The van der Waals surface area contributed by atoms with Crippen LogP contribution < -0.4 is 10.2 Å². The summed E-state index contributed by atoms with van der Waals surface area (Å²) < 4.78 is 37.4. The molecule has 1 saturated heterocycles. The van der Waals surface area contributed by atoms with Crippen LogP contribution in [0, 0.1) is 0 Å². The van der Waals surface area contributed by atoms with Gasteiger partial charge in [-0.05, 0) is 60.6 Å². The van der Waals surface area contributed by atoms with Gasteiger partial charge in [-0.15, -0.1) is 0 Å². The molecule has 0 aliphatic carbocycles. The number of anilines is 2. The number of carbonyl (C=O) groups excluding carboxylic acids is 1. The van der Waals surface area contributed by atoms with E-state index < -0.39 is 17.5 Å². The molecular formula is C21H19F3N4O2S. The van der Waals surface area contributed by atoms with Gasteiger partial charge in [-0.1, -0.05) is 0 Å². The Kier molecular flexibility index (Phi) is 5.92. The summed E-state index contributed by atoms with van der Waals surface area (Å²) in [6.07, 6.45) is 3.46. The van der Waals surface area contributed by atoms with E-state index in [9.17, 15) is 23.1 Å². The molecule has 1 aliphatic rings. The van der Waals surface area contributed by atoms with Crippen molar-refractivity contribution in [2.75, 3.05) is 23.3 Å². The van der Waals surface area contributed by atoms with Crippen molar-refractivity contribution in [3.8, 4) is 11.3 Å². The van der Waals surface area contributed by atoms with Crippen LogP contribution in [0.25, 0.3) is 11.3 Å². The number of carbonyl (C=O) groups is 1. The fraction of sp³-hybridized carbons (Fsp3) is 0.238. The summed E-state index contributed by atoms with van der Waals surface area (Å²) in [5, 5.41) is 12.5. The average molecular weight is 448 g/mol. The number of hydrogen-bond donors (Lipinski definition) is 3. The van der Waals surface area contributed by atoms with Gasteiger partial charge in [0.1, 0.15) is 5.82 Å². The van der Waals surface area contributed by atoms with Gasteiger partial charge >= 0.3 is 5.51 Å². The van der Waals surface area contributed by atoms with E-state index >= 15 is 0 Å².